The Bertz CT molecular complexity index is 894. The van der Waals surface area contributed by atoms with Crippen LogP contribution in [0.15, 0.2) is 42.5 Å². The second kappa shape index (κ2) is 10.3. The summed E-state index contributed by atoms with van der Waals surface area (Å²) in [6, 6.07) is 18.1. The van der Waals surface area contributed by atoms with E-state index in [9.17, 15) is 0 Å². The Balaban J connectivity index is 0.000000376. The van der Waals surface area contributed by atoms with E-state index in [1.54, 1.807) is 20.8 Å². The molecule has 3 aromatic rings. The summed E-state index contributed by atoms with van der Waals surface area (Å²) in [4.78, 5) is 4.76. The van der Waals surface area contributed by atoms with Crippen molar-refractivity contribution in [3.8, 4) is 11.3 Å². The van der Waals surface area contributed by atoms with E-state index in [2.05, 4.69) is 69.3 Å². The van der Waals surface area contributed by atoms with Crippen molar-refractivity contribution in [1.29, 1.82) is 0 Å². The van der Waals surface area contributed by atoms with Gasteiger partial charge in [0.25, 0.3) is 0 Å². The van der Waals surface area contributed by atoms with E-state index in [-0.39, 0.29) is 20.1 Å². The number of rotatable bonds is 3. The van der Waals surface area contributed by atoms with Crippen molar-refractivity contribution >= 4 is 10.9 Å². The molecule has 153 valence electrons. The predicted molar refractivity (Wildman–Crippen MR) is 113 cm³/mol. The Morgan fingerprint density at radius 1 is 1.07 bits per heavy atom. The largest absolute Gasteiger partial charge is 0.393 e. The van der Waals surface area contributed by atoms with Crippen LogP contribution in [0.1, 0.15) is 43.9 Å². The maximum absolute atomic E-state index is 9.03. The fourth-order valence-electron chi connectivity index (χ4n) is 3.22. The van der Waals surface area contributed by atoms with Crippen LogP contribution >= 0.6 is 0 Å². The Morgan fingerprint density at radius 3 is 2.29 bits per heavy atom. The van der Waals surface area contributed by atoms with Gasteiger partial charge in [-0.15, -0.1) is 34.9 Å². The first-order chi connectivity index (χ1) is 12.5. The van der Waals surface area contributed by atoms with Crippen molar-refractivity contribution in [2.24, 2.45) is 0 Å². The normalized spacial score (nSPS) is 12.0. The first-order valence-corrected chi connectivity index (χ1v) is 9.33. The Kier molecular flexibility index (Phi) is 8.97. The average Bonchev–Trinajstić information content (AvgIpc) is 2.52. The number of fused-ring (bicyclic) bond motifs is 1. The molecular formula is C24H30IrNO2-. The molecule has 1 atom stereocenters. The van der Waals surface area contributed by atoms with Gasteiger partial charge >= 0.3 is 0 Å². The number of nitrogens with zero attached hydrogens (tertiary/aromatic N) is 1. The SMILES string of the molecule is CC(O)CC(C)(C)O.Cc1[c-]c(-c2ccc3c(C)cccc3n2)cc(C)c1.[Ir]. The van der Waals surface area contributed by atoms with Crippen LogP contribution in [-0.2, 0) is 20.1 Å². The summed E-state index contributed by atoms with van der Waals surface area (Å²) >= 11 is 0. The quantitative estimate of drug-likeness (QED) is 0.439. The average molecular weight is 557 g/mol. The van der Waals surface area contributed by atoms with E-state index >= 15 is 0 Å². The van der Waals surface area contributed by atoms with Gasteiger partial charge in [0.1, 0.15) is 0 Å². The number of aliphatic hydroxyl groups is 2. The maximum atomic E-state index is 9.03. The number of benzene rings is 2. The molecule has 2 aromatic carbocycles. The number of aromatic nitrogens is 1. The number of hydrogen-bond donors (Lipinski definition) is 2. The zero-order valence-electron chi connectivity index (χ0n) is 17.5. The van der Waals surface area contributed by atoms with Crippen LogP contribution < -0.4 is 0 Å². The molecule has 0 aliphatic carbocycles. The molecule has 28 heavy (non-hydrogen) atoms. The van der Waals surface area contributed by atoms with Crippen molar-refractivity contribution in [3.63, 3.8) is 0 Å². The summed E-state index contributed by atoms with van der Waals surface area (Å²) in [5, 5.41) is 19.0. The van der Waals surface area contributed by atoms with Crippen LogP contribution in [0.2, 0.25) is 0 Å². The molecule has 3 nitrogen and oxygen atoms in total. The standard InChI is InChI=1S/C18H16N.C6H14O2.Ir/c1-12-9-13(2)11-15(10-12)17-8-7-16-14(3)5-4-6-18(16)19-17;1-5(7)4-6(2,3)8;/h4-10H,1-3H3;5,7-8H,4H2,1-3H3;/q-1;;. The van der Waals surface area contributed by atoms with Crippen molar-refractivity contribution in [1.82, 2.24) is 4.98 Å². The van der Waals surface area contributed by atoms with Crippen LogP contribution in [-0.4, -0.2) is 26.9 Å². The van der Waals surface area contributed by atoms with Crippen molar-refractivity contribution in [3.05, 3.63) is 65.2 Å². The van der Waals surface area contributed by atoms with Gasteiger partial charge in [-0.1, -0.05) is 38.1 Å². The predicted octanol–water partition coefficient (Wildman–Crippen LogP) is 5.15. The molecule has 2 N–H and O–H groups in total. The van der Waals surface area contributed by atoms with Gasteiger partial charge in [-0.3, -0.25) is 4.98 Å². The van der Waals surface area contributed by atoms with Gasteiger partial charge in [0, 0.05) is 31.9 Å². The van der Waals surface area contributed by atoms with Crippen molar-refractivity contribution in [2.45, 2.75) is 59.7 Å². The molecule has 0 bridgehead atoms. The number of pyridine rings is 1. The second-order valence-electron chi connectivity index (χ2n) is 7.96. The molecule has 0 spiro atoms. The molecule has 0 saturated carbocycles. The van der Waals surface area contributed by atoms with Gasteiger partial charge in [0.2, 0.25) is 0 Å². The zero-order chi connectivity index (χ0) is 20.2. The molecule has 0 saturated heterocycles. The maximum Gasteiger partial charge on any atom is 0.0616 e. The van der Waals surface area contributed by atoms with Crippen molar-refractivity contribution < 1.29 is 30.3 Å². The third kappa shape index (κ3) is 7.44. The Hall–Kier alpha value is -1.58. The topological polar surface area (TPSA) is 53.4 Å². The molecule has 0 aliphatic heterocycles. The number of aryl methyl sites for hydroxylation is 3. The molecule has 1 unspecified atom stereocenters. The summed E-state index contributed by atoms with van der Waals surface area (Å²) < 4.78 is 0. The minimum Gasteiger partial charge on any atom is -0.393 e. The van der Waals surface area contributed by atoms with E-state index in [0.717, 1.165) is 22.3 Å². The summed E-state index contributed by atoms with van der Waals surface area (Å²) in [6.07, 6.45) is 0.0301. The molecule has 3 rings (SSSR count). The molecule has 0 fully saturated rings. The second-order valence-corrected chi connectivity index (χ2v) is 7.96. The molecule has 4 heteroatoms. The summed E-state index contributed by atoms with van der Waals surface area (Å²) in [7, 11) is 0. The van der Waals surface area contributed by atoms with Crippen LogP contribution in [0.25, 0.3) is 22.2 Å². The summed E-state index contributed by atoms with van der Waals surface area (Å²) in [5.74, 6) is 0. The van der Waals surface area contributed by atoms with E-state index < -0.39 is 11.7 Å². The van der Waals surface area contributed by atoms with Gasteiger partial charge in [0.05, 0.1) is 17.2 Å². The monoisotopic (exact) mass is 557 g/mol. The van der Waals surface area contributed by atoms with E-state index in [1.165, 1.54) is 16.5 Å². The minimum atomic E-state index is -0.728. The fourth-order valence-corrected chi connectivity index (χ4v) is 3.22. The fraction of sp³-hybridized carbons (Fsp3) is 0.375. The van der Waals surface area contributed by atoms with Gasteiger partial charge in [-0.05, 0) is 45.0 Å². The van der Waals surface area contributed by atoms with Crippen LogP contribution in [0.5, 0.6) is 0 Å². The smallest absolute Gasteiger partial charge is 0.0616 e. The zero-order valence-corrected chi connectivity index (χ0v) is 19.9. The summed E-state index contributed by atoms with van der Waals surface area (Å²) in [6.45, 7) is 11.3. The molecule has 1 radical (unpaired) electrons. The third-order valence-electron chi connectivity index (χ3n) is 4.17. The molecular weight excluding hydrogens is 526 g/mol. The Morgan fingerprint density at radius 2 is 1.75 bits per heavy atom. The molecule has 1 heterocycles. The molecule has 0 aliphatic rings. The van der Waals surface area contributed by atoms with Gasteiger partial charge in [0.15, 0.2) is 0 Å². The van der Waals surface area contributed by atoms with Crippen LogP contribution in [0, 0.1) is 26.8 Å². The van der Waals surface area contributed by atoms with Gasteiger partial charge in [-0.25, -0.2) is 0 Å². The van der Waals surface area contributed by atoms with Gasteiger partial charge in [-0.2, -0.15) is 0 Å². The number of aliphatic hydroxyl groups excluding tert-OH is 1. The van der Waals surface area contributed by atoms with E-state index in [0.29, 0.717) is 6.42 Å². The van der Waals surface area contributed by atoms with Crippen LogP contribution in [0.4, 0.5) is 0 Å². The minimum absolute atomic E-state index is 0. The Labute approximate surface area is 182 Å². The summed E-state index contributed by atoms with van der Waals surface area (Å²) in [5.41, 5.74) is 6.05. The molecule has 1 aromatic heterocycles. The number of hydrogen-bond acceptors (Lipinski definition) is 3. The third-order valence-corrected chi connectivity index (χ3v) is 4.17. The van der Waals surface area contributed by atoms with Crippen LogP contribution in [0.3, 0.4) is 0 Å². The van der Waals surface area contributed by atoms with E-state index in [4.69, 9.17) is 15.2 Å². The van der Waals surface area contributed by atoms with Gasteiger partial charge < -0.3 is 10.2 Å². The van der Waals surface area contributed by atoms with E-state index in [1.807, 2.05) is 0 Å². The first kappa shape index (κ1) is 24.5. The molecule has 0 amide bonds. The first-order valence-electron chi connectivity index (χ1n) is 9.33. The van der Waals surface area contributed by atoms with Crippen molar-refractivity contribution in [2.75, 3.05) is 0 Å².